The zero-order valence-corrected chi connectivity index (χ0v) is 8.41. The van der Waals surface area contributed by atoms with Crippen LogP contribution in [0.25, 0.3) is 0 Å². The number of halogens is 3. The molecule has 0 heterocycles. The maximum Gasteiger partial charge on any atom is 0.404 e. The van der Waals surface area contributed by atoms with Gasteiger partial charge in [-0.3, -0.25) is 4.79 Å². The summed E-state index contributed by atoms with van der Waals surface area (Å²) in [6, 6.07) is -1.95. The molecule has 2 N–H and O–H groups in total. The maximum absolute atomic E-state index is 12.2. The van der Waals surface area contributed by atoms with Crippen LogP contribution in [0.3, 0.4) is 0 Å². The zero-order valence-electron chi connectivity index (χ0n) is 7.60. The number of hydrogen-bond donors (Lipinski definition) is 2. The molecule has 0 bridgehead atoms. The number of carboxylic acid groups (broad SMARTS) is 1. The van der Waals surface area contributed by atoms with Gasteiger partial charge in [-0.05, 0) is 6.26 Å². The summed E-state index contributed by atoms with van der Waals surface area (Å²) in [6.07, 6.45) is -3.67. The van der Waals surface area contributed by atoms with Crippen LogP contribution >= 0.6 is 11.8 Å². The van der Waals surface area contributed by atoms with Crippen LogP contribution in [0.4, 0.5) is 13.2 Å². The number of thioether (sulfide) groups is 1. The molecular weight excluding hydrogens is 219 g/mol. The Hall–Kier alpha value is -0.430. The van der Waals surface area contributed by atoms with Gasteiger partial charge in [0.15, 0.2) is 0 Å². The summed E-state index contributed by atoms with van der Waals surface area (Å²) in [6.45, 7) is 0.151. The molecule has 1 atom stereocenters. The van der Waals surface area contributed by atoms with Crippen molar-refractivity contribution in [2.75, 3.05) is 18.6 Å². The number of carbonyl (C=O) groups is 1. The standard InChI is InChI=1S/C7H12F3NO2S/c1-14-3-2-11-5(4-6(12)13)7(8,9)10/h5,11H,2-4H2,1H3,(H,12,13). The lowest BCUT2D eigenvalue weighted by molar-refractivity contribution is -0.166. The molecule has 0 saturated heterocycles. The molecule has 14 heavy (non-hydrogen) atoms. The first-order chi connectivity index (χ1) is 6.38. The fourth-order valence-corrected chi connectivity index (χ4v) is 1.14. The van der Waals surface area contributed by atoms with Crippen LogP contribution < -0.4 is 5.32 Å². The molecule has 0 aliphatic rings. The van der Waals surface area contributed by atoms with Crippen molar-refractivity contribution in [2.45, 2.75) is 18.6 Å². The van der Waals surface area contributed by atoms with Crippen molar-refractivity contribution in [1.29, 1.82) is 0 Å². The van der Waals surface area contributed by atoms with E-state index in [1.165, 1.54) is 11.8 Å². The number of aliphatic carboxylic acids is 1. The SMILES string of the molecule is CSCCNC(CC(=O)O)C(F)(F)F. The highest BCUT2D eigenvalue weighted by Gasteiger charge is 2.40. The van der Waals surface area contributed by atoms with Gasteiger partial charge in [-0.15, -0.1) is 0 Å². The van der Waals surface area contributed by atoms with Gasteiger partial charge in [-0.2, -0.15) is 24.9 Å². The lowest BCUT2D eigenvalue weighted by Gasteiger charge is -2.19. The van der Waals surface area contributed by atoms with E-state index >= 15 is 0 Å². The lowest BCUT2D eigenvalue weighted by Crippen LogP contribution is -2.44. The smallest absolute Gasteiger partial charge is 0.404 e. The number of nitrogens with one attached hydrogen (secondary N) is 1. The number of hydrogen-bond acceptors (Lipinski definition) is 3. The van der Waals surface area contributed by atoms with Gasteiger partial charge in [-0.25, -0.2) is 0 Å². The summed E-state index contributed by atoms with van der Waals surface area (Å²) in [5.74, 6) is -0.935. The Morgan fingerprint density at radius 3 is 2.50 bits per heavy atom. The first kappa shape index (κ1) is 13.6. The highest BCUT2D eigenvalue weighted by molar-refractivity contribution is 7.98. The van der Waals surface area contributed by atoms with Crippen LogP contribution in [0, 0.1) is 0 Å². The van der Waals surface area contributed by atoms with Crippen molar-refractivity contribution in [3.8, 4) is 0 Å². The van der Waals surface area contributed by atoms with Crippen LogP contribution in [0.5, 0.6) is 0 Å². The Morgan fingerprint density at radius 2 is 2.14 bits per heavy atom. The third-order valence-electron chi connectivity index (χ3n) is 1.47. The molecule has 7 heteroatoms. The summed E-state index contributed by atoms with van der Waals surface area (Å²) in [5.41, 5.74) is 0. The summed E-state index contributed by atoms with van der Waals surface area (Å²) in [7, 11) is 0. The third-order valence-corrected chi connectivity index (χ3v) is 2.08. The molecule has 0 rings (SSSR count). The van der Waals surface area contributed by atoms with Gasteiger partial charge in [-0.1, -0.05) is 0 Å². The van der Waals surface area contributed by atoms with E-state index in [1.807, 2.05) is 0 Å². The Labute approximate surface area is 84.1 Å². The number of rotatable bonds is 6. The van der Waals surface area contributed by atoms with E-state index in [4.69, 9.17) is 5.11 Å². The second-order valence-electron chi connectivity index (χ2n) is 2.64. The van der Waals surface area contributed by atoms with Crippen molar-refractivity contribution in [1.82, 2.24) is 5.32 Å². The molecule has 0 amide bonds. The minimum Gasteiger partial charge on any atom is -0.481 e. The van der Waals surface area contributed by atoms with Crippen molar-refractivity contribution in [3.05, 3.63) is 0 Å². The molecule has 84 valence electrons. The molecule has 3 nitrogen and oxygen atoms in total. The second-order valence-corrected chi connectivity index (χ2v) is 3.62. The first-order valence-electron chi connectivity index (χ1n) is 3.88. The van der Waals surface area contributed by atoms with Gasteiger partial charge in [0.2, 0.25) is 0 Å². The minimum atomic E-state index is -4.50. The Kier molecular flexibility index (Phi) is 5.94. The fourth-order valence-electron chi connectivity index (χ4n) is 0.813. The molecule has 0 aromatic carbocycles. The average molecular weight is 231 g/mol. The predicted octanol–water partition coefficient (Wildman–Crippen LogP) is 1.34. The zero-order chi connectivity index (χ0) is 11.2. The molecule has 0 aliphatic carbocycles. The van der Waals surface area contributed by atoms with Crippen LogP contribution in [0.2, 0.25) is 0 Å². The van der Waals surface area contributed by atoms with E-state index in [0.29, 0.717) is 5.75 Å². The van der Waals surface area contributed by atoms with E-state index in [1.54, 1.807) is 6.26 Å². The van der Waals surface area contributed by atoms with Gasteiger partial charge < -0.3 is 10.4 Å². The van der Waals surface area contributed by atoms with Crippen LogP contribution in [0.15, 0.2) is 0 Å². The van der Waals surface area contributed by atoms with Gasteiger partial charge in [0.1, 0.15) is 6.04 Å². The van der Waals surface area contributed by atoms with Gasteiger partial charge in [0.05, 0.1) is 6.42 Å². The highest BCUT2D eigenvalue weighted by Crippen LogP contribution is 2.22. The molecule has 0 spiro atoms. The van der Waals surface area contributed by atoms with E-state index < -0.39 is 24.6 Å². The average Bonchev–Trinajstić information content (AvgIpc) is 2.00. The predicted molar refractivity (Wildman–Crippen MR) is 48.5 cm³/mol. The van der Waals surface area contributed by atoms with Crippen molar-refractivity contribution >= 4 is 17.7 Å². The Bertz CT molecular complexity index is 186. The molecule has 0 saturated carbocycles. The molecule has 1 unspecified atom stereocenters. The lowest BCUT2D eigenvalue weighted by atomic mass is 10.2. The molecule has 0 aliphatic heterocycles. The van der Waals surface area contributed by atoms with E-state index in [0.717, 1.165) is 0 Å². The quantitative estimate of drug-likeness (QED) is 0.677. The van der Waals surface area contributed by atoms with Gasteiger partial charge in [0.25, 0.3) is 0 Å². The monoisotopic (exact) mass is 231 g/mol. The fraction of sp³-hybridized carbons (Fsp3) is 0.857. The number of carboxylic acids is 1. The van der Waals surface area contributed by atoms with Crippen LogP contribution in [0.1, 0.15) is 6.42 Å². The molecular formula is C7H12F3NO2S. The van der Waals surface area contributed by atoms with E-state index in [9.17, 15) is 18.0 Å². The van der Waals surface area contributed by atoms with Crippen LogP contribution in [-0.4, -0.2) is 41.8 Å². The van der Waals surface area contributed by atoms with E-state index in [2.05, 4.69) is 5.32 Å². The molecule has 0 radical (unpaired) electrons. The highest BCUT2D eigenvalue weighted by atomic mass is 32.2. The molecule has 0 fully saturated rings. The number of alkyl halides is 3. The van der Waals surface area contributed by atoms with Crippen molar-refractivity contribution in [2.24, 2.45) is 0 Å². The van der Waals surface area contributed by atoms with Crippen molar-refractivity contribution in [3.63, 3.8) is 0 Å². The summed E-state index contributed by atoms with van der Waals surface area (Å²) in [4.78, 5) is 10.1. The maximum atomic E-state index is 12.2. The van der Waals surface area contributed by atoms with E-state index in [-0.39, 0.29) is 6.54 Å². The normalized spacial score (nSPS) is 14.0. The first-order valence-corrected chi connectivity index (χ1v) is 5.28. The second kappa shape index (κ2) is 6.13. The van der Waals surface area contributed by atoms with Crippen LogP contribution in [-0.2, 0) is 4.79 Å². The van der Waals surface area contributed by atoms with Gasteiger partial charge in [0, 0.05) is 12.3 Å². The Balaban J connectivity index is 4.05. The summed E-state index contributed by atoms with van der Waals surface area (Å²) < 4.78 is 36.5. The third kappa shape index (κ3) is 6.09. The summed E-state index contributed by atoms with van der Waals surface area (Å²) >= 11 is 1.40. The largest absolute Gasteiger partial charge is 0.481 e. The molecule has 0 aromatic rings. The topological polar surface area (TPSA) is 49.3 Å². The van der Waals surface area contributed by atoms with Crippen molar-refractivity contribution < 1.29 is 23.1 Å². The minimum absolute atomic E-state index is 0.151. The summed E-state index contributed by atoms with van der Waals surface area (Å²) in [5, 5.41) is 10.4. The van der Waals surface area contributed by atoms with Gasteiger partial charge >= 0.3 is 12.1 Å². The Morgan fingerprint density at radius 1 is 1.57 bits per heavy atom. The molecule has 0 aromatic heterocycles.